The standard InChI is InChI=1S/C28H33IN2O2/c1-18-5-8-20-15-25-28(33)10-9-23(30-26(32)21-3-2-4-22(29)14-21)16-27(28,24(20)13-18)11-12-31(25)17-19-6-7-19/h2-5,8,13-14,19,23,25,33H,6-7,9-12,15-17H2,1H3,(H,30,32)/t23-,25?,27?,28-/m1/s1. The Morgan fingerprint density at radius 2 is 2.03 bits per heavy atom. The lowest BCUT2D eigenvalue weighted by atomic mass is 9.48. The Kier molecular flexibility index (Phi) is 5.39. The van der Waals surface area contributed by atoms with Crippen molar-refractivity contribution in [2.24, 2.45) is 5.92 Å². The van der Waals surface area contributed by atoms with E-state index < -0.39 is 5.60 Å². The molecule has 2 aromatic rings. The predicted molar refractivity (Wildman–Crippen MR) is 138 cm³/mol. The van der Waals surface area contributed by atoms with Crippen LogP contribution in [0.1, 0.15) is 65.6 Å². The summed E-state index contributed by atoms with van der Waals surface area (Å²) in [6.45, 7) is 4.34. The molecule has 1 heterocycles. The molecule has 6 rings (SSSR count). The fourth-order valence-corrected chi connectivity index (χ4v) is 7.64. The van der Waals surface area contributed by atoms with Crippen LogP contribution in [0.5, 0.6) is 0 Å². The number of amides is 1. The van der Waals surface area contributed by atoms with Gasteiger partial charge in [-0.2, -0.15) is 0 Å². The Morgan fingerprint density at radius 3 is 2.82 bits per heavy atom. The normalized spacial score (nSPS) is 33.2. The third-order valence-electron chi connectivity index (χ3n) is 8.92. The van der Waals surface area contributed by atoms with Crippen molar-refractivity contribution in [1.82, 2.24) is 10.2 Å². The van der Waals surface area contributed by atoms with Gasteiger partial charge in [0.25, 0.3) is 5.91 Å². The lowest BCUT2D eigenvalue weighted by Crippen LogP contribution is -2.74. The summed E-state index contributed by atoms with van der Waals surface area (Å²) in [6, 6.07) is 14.9. The minimum Gasteiger partial charge on any atom is -0.387 e. The first-order valence-electron chi connectivity index (χ1n) is 12.5. The van der Waals surface area contributed by atoms with E-state index in [1.165, 1.54) is 29.5 Å². The molecule has 2 saturated carbocycles. The first-order valence-corrected chi connectivity index (χ1v) is 13.6. The molecule has 3 aliphatic carbocycles. The van der Waals surface area contributed by atoms with Gasteiger partial charge in [-0.15, -0.1) is 0 Å². The van der Waals surface area contributed by atoms with Crippen LogP contribution in [0, 0.1) is 16.4 Å². The van der Waals surface area contributed by atoms with Crippen LogP contribution >= 0.6 is 22.6 Å². The van der Waals surface area contributed by atoms with Gasteiger partial charge in [0.05, 0.1) is 5.60 Å². The number of likely N-dealkylation sites (tertiary alicyclic amines) is 1. The van der Waals surface area contributed by atoms with E-state index in [-0.39, 0.29) is 23.4 Å². The molecule has 4 nitrogen and oxygen atoms in total. The zero-order valence-electron chi connectivity index (χ0n) is 19.3. The summed E-state index contributed by atoms with van der Waals surface area (Å²) in [7, 11) is 0. The van der Waals surface area contributed by atoms with Crippen LogP contribution in [0.3, 0.4) is 0 Å². The zero-order valence-corrected chi connectivity index (χ0v) is 21.5. The zero-order chi connectivity index (χ0) is 22.8. The molecule has 1 amide bonds. The van der Waals surface area contributed by atoms with Crippen LogP contribution in [0.2, 0.25) is 0 Å². The average Bonchev–Trinajstić information content (AvgIpc) is 3.61. The molecule has 3 fully saturated rings. The smallest absolute Gasteiger partial charge is 0.251 e. The second-order valence-corrected chi connectivity index (χ2v) is 12.2. The van der Waals surface area contributed by atoms with Crippen molar-refractivity contribution in [2.75, 3.05) is 13.1 Å². The van der Waals surface area contributed by atoms with Gasteiger partial charge < -0.3 is 10.4 Å². The molecular formula is C28H33IN2O2. The van der Waals surface area contributed by atoms with Gasteiger partial charge in [0.2, 0.25) is 0 Å². The maximum Gasteiger partial charge on any atom is 0.251 e. The highest BCUT2D eigenvalue weighted by Crippen LogP contribution is 2.58. The number of aryl methyl sites for hydroxylation is 1. The number of hydrogen-bond acceptors (Lipinski definition) is 3. The second kappa shape index (κ2) is 8.06. The maximum absolute atomic E-state index is 13.1. The van der Waals surface area contributed by atoms with Gasteiger partial charge in [0.15, 0.2) is 0 Å². The van der Waals surface area contributed by atoms with Crippen molar-refractivity contribution in [2.45, 2.75) is 75.0 Å². The first-order chi connectivity index (χ1) is 15.9. The Morgan fingerprint density at radius 1 is 1.18 bits per heavy atom. The number of hydrogen-bond donors (Lipinski definition) is 2. The van der Waals surface area contributed by atoms with Crippen LogP contribution in [-0.4, -0.2) is 46.7 Å². The van der Waals surface area contributed by atoms with Gasteiger partial charge in [-0.3, -0.25) is 9.69 Å². The number of aliphatic hydroxyl groups is 1. The van der Waals surface area contributed by atoms with Gasteiger partial charge in [-0.05, 0) is 116 Å². The van der Waals surface area contributed by atoms with Crippen LogP contribution < -0.4 is 5.32 Å². The number of halogens is 1. The number of carbonyl (C=O) groups excluding carboxylic acids is 1. The Bertz CT molecular complexity index is 1100. The summed E-state index contributed by atoms with van der Waals surface area (Å²) in [4.78, 5) is 15.7. The molecule has 174 valence electrons. The summed E-state index contributed by atoms with van der Waals surface area (Å²) in [5, 5.41) is 15.8. The van der Waals surface area contributed by atoms with E-state index in [9.17, 15) is 9.90 Å². The number of rotatable bonds is 4. The molecule has 33 heavy (non-hydrogen) atoms. The van der Waals surface area contributed by atoms with Crippen LogP contribution in [-0.2, 0) is 11.8 Å². The highest BCUT2D eigenvalue weighted by Gasteiger charge is 2.64. The molecule has 4 atom stereocenters. The monoisotopic (exact) mass is 556 g/mol. The molecule has 2 bridgehead atoms. The number of piperidine rings is 1. The number of fused-ring (bicyclic) bond motifs is 1. The van der Waals surface area contributed by atoms with Gasteiger partial charge in [-0.25, -0.2) is 0 Å². The van der Waals surface area contributed by atoms with Gasteiger partial charge in [-0.1, -0.05) is 29.8 Å². The summed E-state index contributed by atoms with van der Waals surface area (Å²) < 4.78 is 1.07. The third kappa shape index (κ3) is 3.66. The van der Waals surface area contributed by atoms with Crippen molar-refractivity contribution >= 4 is 28.5 Å². The van der Waals surface area contributed by atoms with Crippen molar-refractivity contribution in [3.63, 3.8) is 0 Å². The SMILES string of the molecule is Cc1ccc2c(c1)C13CCN(CC4CC4)C(C2)[C@]1(O)CC[C@@H](NC(=O)c1cccc(I)c1)C3. The van der Waals surface area contributed by atoms with E-state index in [1.807, 2.05) is 24.3 Å². The quantitative estimate of drug-likeness (QED) is 0.542. The van der Waals surface area contributed by atoms with E-state index in [2.05, 4.69) is 57.9 Å². The summed E-state index contributed by atoms with van der Waals surface area (Å²) in [6.07, 6.45) is 7.01. The van der Waals surface area contributed by atoms with Crippen LogP contribution in [0.25, 0.3) is 0 Å². The summed E-state index contributed by atoms with van der Waals surface area (Å²) in [5.74, 6) is 0.827. The molecule has 5 heteroatoms. The van der Waals surface area contributed by atoms with E-state index in [0.717, 1.165) is 60.2 Å². The molecule has 4 aliphatic rings. The Hall–Kier alpha value is -1.44. The topological polar surface area (TPSA) is 52.6 Å². The molecule has 1 aliphatic heterocycles. The minimum absolute atomic E-state index is 0.00310. The Labute approximate surface area is 210 Å². The molecule has 2 unspecified atom stereocenters. The van der Waals surface area contributed by atoms with Crippen molar-refractivity contribution in [3.8, 4) is 0 Å². The molecular weight excluding hydrogens is 523 g/mol. The maximum atomic E-state index is 13.1. The number of nitrogens with one attached hydrogen (secondary N) is 1. The summed E-state index contributed by atoms with van der Waals surface area (Å²) in [5.41, 5.74) is 3.73. The largest absolute Gasteiger partial charge is 0.387 e. The van der Waals surface area contributed by atoms with E-state index in [1.54, 1.807) is 0 Å². The van der Waals surface area contributed by atoms with E-state index >= 15 is 0 Å². The molecule has 0 radical (unpaired) electrons. The fraction of sp³-hybridized carbons (Fsp3) is 0.536. The van der Waals surface area contributed by atoms with Crippen LogP contribution in [0.4, 0.5) is 0 Å². The Balaban J connectivity index is 1.34. The summed E-state index contributed by atoms with van der Waals surface area (Å²) >= 11 is 2.25. The van der Waals surface area contributed by atoms with E-state index in [0.29, 0.717) is 0 Å². The van der Waals surface area contributed by atoms with Gasteiger partial charge in [0.1, 0.15) is 0 Å². The van der Waals surface area contributed by atoms with Crippen molar-refractivity contribution in [1.29, 1.82) is 0 Å². The number of nitrogens with zero attached hydrogens (tertiary/aromatic N) is 1. The van der Waals surface area contributed by atoms with Crippen molar-refractivity contribution < 1.29 is 9.90 Å². The highest BCUT2D eigenvalue weighted by atomic mass is 127. The molecule has 2 aromatic carbocycles. The molecule has 2 N–H and O–H groups in total. The van der Waals surface area contributed by atoms with Crippen molar-refractivity contribution in [3.05, 3.63) is 68.3 Å². The predicted octanol–water partition coefficient (Wildman–Crippen LogP) is 4.59. The third-order valence-corrected chi connectivity index (χ3v) is 9.59. The lowest BCUT2D eigenvalue weighted by Gasteiger charge is -2.65. The van der Waals surface area contributed by atoms with Crippen LogP contribution in [0.15, 0.2) is 42.5 Å². The molecule has 0 spiro atoms. The minimum atomic E-state index is -0.718. The fourth-order valence-electron chi connectivity index (χ4n) is 7.10. The lowest BCUT2D eigenvalue weighted by molar-refractivity contribution is -0.170. The number of carbonyl (C=O) groups is 1. The number of benzene rings is 2. The van der Waals surface area contributed by atoms with Gasteiger partial charge >= 0.3 is 0 Å². The van der Waals surface area contributed by atoms with E-state index in [4.69, 9.17) is 0 Å². The average molecular weight is 556 g/mol. The molecule has 1 saturated heterocycles. The van der Waals surface area contributed by atoms with Gasteiger partial charge in [0, 0.05) is 33.2 Å². The first kappa shape index (κ1) is 22.1. The second-order valence-electron chi connectivity index (χ2n) is 11.0. The highest BCUT2D eigenvalue weighted by molar-refractivity contribution is 14.1. The molecule has 0 aromatic heterocycles.